The molecule has 2 heterocycles. The molecule has 2 aromatic rings. The highest BCUT2D eigenvalue weighted by Gasteiger charge is 2.03. The first-order chi connectivity index (χ1) is 9.70. The van der Waals surface area contributed by atoms with Gasteiger partial charge in [0.2, 0.25) is 0 Å². The first-order valence-electron chi connectivity index (χ1n) is 6.54. The molecule has 1 N–H and O–H groups in total. The summed E-state index contributed by atoms with van der Waals surface area (Å²) in [6.07, 6.45) is 3.55. The van der Waals surface area contributed by atoms with Crippen LogP contribution in [0.1, 0.15) is 11.3 Å². The predicted molar refractivity (Wildman–Crippen MR) is 78.9 cm³/mol. The monoisotopic (exact) mass is 273 g/mol. The summed E-state index contributed by atoms with van der Waals surface area (Å²) in [5.74, 6) is 0. The van der Waals surface area contributed by atoms with E-state index < -0.39 is 0 Å². The lowest BCUT2D eigenvalue weighted by atomic mass is 10.2. The van der Waals surface area contributed by atoms with E-state index in [0.717, 1.165) is 16.9 Å². The van der Waals surface area contributed by atoms with Gasteiger partial charge in [-0.1, -0.05) is 6.07 Å². The van der Waals surface area contributed by atoms with Crippen LogP contribution in [0.3, 0.4) is 0 Å². The van der Waals surface area contributed by atoms with Crippen molar-refractivity contribution in [1.82, 2.24) is 9.55 Å². The van der Waals surface area contributed by atoms with E-state index in [1.54, 1.807) is 30.1 Å². The van der Waals surface area contributed by atoms with Gasteiger partial charge in [0.05, 0.1) is 6.61 Å². The summed E-state index contributed by atoms with van der Waals surface area (Å²) in [6.45, 7) is 3.67. The Bertz CT molecular complexity index is 608. The molecule has 0 saturated carbocycles. The van der Waals surface area contributed by atoms with E-state index in [-0.39, 0.29) is 5.56 Å². The lowest BCUT2D eigenvalue weighted by Gasteiger charge is -2.12. The van der Waals surface area contributed by atoms with Crippen LogP contribution in [-0.2, 0) is 17.8 Å². The van der Waals surface area contributed by atoms with E-state index in [0.29, 0.717) is 19.7 Å². The molecule has 0 spiro atoms. The molecule has 0 unspecified atom stereocenters. The normalized spacial score (nSPS) is 10.5. The molecule has 5 nitrogen and oxygen atoms in total. The van der Waals surface area contributed by atoms with Crippen molar-refractivity contribution in [1.29, 1.82) is 0 Å². The van der Waals surface area contributed by atoms with E-state index in [9.17, 15) is 4.79 Å². The fourth-order valence-electron chi connectivity index (χ4n) is 2.01. The molecule has 0 fully saturated rings. The number of aromatic nitrogens is 2. The molecule has 106 valence electrons. The van der Waals surface area contributed by atoms with Crippen LogP contribution in [0, 0.1) is 6.92 Å². The highest BCUT2D eigenvalue weighted by molar-refractivity contribution is 5.43. The zero-order valence-electron chi connectivity index (χ0n) is 11.8. The quantitative estimate of drug-likeness (QED) is 0.872. The number of ether oxygens (including phenoxy) is 1. The molecule has 0 radical (unpaired) electrons. The Balaban J connectivity index is 2.08. The topological polar surface area (TPSA) is 56.1 Å². The average molecular weight is 273 g/mol. The Kier molecular flexibility index (Phi) is 4.90. The second-order valence-electron chi connectivity index (χ2n) is 4.58. The summed E-state index contributed by atoms with van der Waals surface area (Å²) in [7, 11) is 1.63. The van der Waals surface area contributed by atoms with E-state index in [1.165, 1.54) is 0 Å². The van der Waals surface area contributed by atoms with Crippen LogP contribution in [0.2, 0.25) is 0 Å². The van der Waals surface area contributed by atoms with Gasteiger partial charge >= 0.3 is 0 Å². The standard InChI is InChI=1S/C15H19N3O2/c1-12-8-14(9-15(19)18(12)6-7-20-2)17-11-13-4-3-5-16-10-13/h3-5,8-10,17H,6-7,11H2,1-2H3. The summed E-state index contributed by atoms with van der Waals surface area (Å²) >= 11 is 0. The molecule has 0 aliphatic carbocycles. The van der Waals surface area contributed by atoms with Gasteiger partial charge in [-0.15, -0.1) is 0 Å². The molecule has 5 heteroatoms. The molecule has 0 aromatic carbocycles. The Morgan fingerprint density at radius 1 is 1.40 bits per heavy atom. The summed E-state index contributed by atoms with van der Waals surface area (Å²) < 4.78 is 6.72. The van der Waals surface area contributed by atoms with Gasteiger partial charge < -0.3 is 14.6 Å². The van der Waals surface area contributed by atoms with Crippen molar-refractivity contribution < 1.29 is 4.74 Å². The number of aryl methyl sites for hydroxylation is 1. The van der Waals surface area contributed by atoms with Gasteiger partial charge in [-0.3, -0.25) is 9.78 Å². The smallest absolute Gasteiger partial charge is 0.252 e. The second-order valence-corrected chi connectivity index (χ2v) is 4.58. The highest BCUT2D eigenvalue weighted by Crippen LogP contribution is 2.09. The third kappa shape index (κ3) is 3.68. The number of hydrogen-bond donors (Lipinski definition) is 1. The van der Waals surface area contributed by atoms with E-state index >= 15 is 0 Å². The van der Waals surface area contributed by atoms with Gasteiger partial charge in [-0.05, 0) is 24.6 Å². The van der Waals surface area contributed by atoms with Crippen LogP contribution in [0.4, 0.5) is 5.69 Å². The summed E-state index contributed by atoms with van der Waals surface area (Å²) in [5.41, 5.74) is 2.80. The first-order valence-corrected chi connectivity index (χ1v) is 6.54. The number of pyridine rings is 2. The maximum absolute atomic E-state index is 12.0. The molecule has 2 rings (SSSR count). The van der Waals surface area contributed by atoms with Crippen molar-refractivity contribution in [2.24, 2.45) is 0 Å². The van der Waals surface area contributed by atoms with Crippen molar-refractivity contribution in [3.63, 3.8) is 0 Å². The van der Waals surface area contributed by atoms with E-state index in [2.05, 4.69) is 10.3 Å². The second kappa shape index (κ2) is 6.86. The summed E-state index contributed by atoms with van der Waals surface area (Å²) in [4.78, 5) is 16.1. The minimum Gasteiger partial charge on any atom is -0.383 e. The minimum absolute atomic E-state index is 0.0178. The van der Waals surface area contributed by atoms with Crippen molar-refractivity contribution in [2.45, 2.75) is 20.0 Å². The van der Waals surface area contributed by atoms with Crippen LogP contribution in [-0.4, -0.2) is 23.3 Å². The Hall–Kier alpha value is -2.14. The van der Waals surface area contributed by atoms with E-state index in [1.807, 2.05) is 25.1 Å². The molecule has 20 heavy (non-hydrogen) atoms. The van der Waals surface area contributed by atoms with Gasteiger partial charge in [0.25, 0.3) is 5.56 Å². The molecule has 0 saturated heterocycles. The third-order valence-corrected chi connectivity index (χ3v) is 3.07. The van der Waals surface area contributed by atoms with Crippen LogP contribution >= 0.6 is 0 Å². The van der Waals surface area contributed by atoms with Crippen LogP contribution in [0.15, 0.2) is 41.5 Å². The lowest BCUT2D eigenvalue weighted by Crippen LogP contribution is -2.24. The molecule has 0 aliphatic rings. The van der Waals surface area contributed by atoms with E-state index in [4.69, 9.17) is 4.74 Å². The number of nitrogens with zero attached hydrogens (tertiary/aromatic N) is 2. The molecule has 2 aromatic heterocycles. The van der Waals surface area contributed by atoms with Gasteiger partial charge in [-0.2, -0.15) is 0 Å². The fourth-order valence-corrected chi connectivity index (χ4v) is 2.01. The number of methoxy groups -OCH3 is 1. The Labute approximate surface area is 118 Å². The van der Waals surface area contributed by atoms with Gasteiger partial charge in [0.1, 0.15) is 0 Å². The third-order valence-electron chi connectivity index (χ3n) is 3.07. The number of nitrogens with one attached hydrogen (secondary N) is 1. The van der Waals surface area contributed by atoms with Crippen molar-refractivity contribution >= 4 is 5.69 Å². The molecule has 0 atom stereocenters. The van der Waals surface area contributed by atoms with Crippen molar-refractivity contribution in [2.75, 3.05) is 19.0 Å². The predicted octanol–water partition coefficient (Wildman–Crippen LogP) is 1.81. The molecular formula is C15H19N3O2. The number of hydrogen-bond acceptors (Lipinski definition) is 4. The molecule has 0 aliphatic heterocycles. The number of anilines is 1. The van der Waals surface area contributed by atoms with Crippen LogP contribution < -0.4 is 10.9 Å². The van der Waals surface area contributed by atoms with Crippen LogP contribution in [0.25, 0.3) is 0 Å². The number of rotatable bonds is 6. The zero-order chi connectivity index (χ0) is 14.4. The van der Waals surface area contributed by atoms with Crippen LogP contribution in [0.5, 0.6) is 0 Å². The fraction of sp³-hybridized carbons (Fsp3) is 0.333. The minimum atomic E-state index is -0.0178. The van der Waals surface area contributed by atoms with Crippen molar-refractivity contribution in [3.05, 3.63) is 58.3 Å². The Morgan fingerprint density at radius 2 is 2.25 bits per heavy atom. The highest BCUT2D eigenvalue weighted by atomic mass is 16.5. The lowest BCUT2D eigenvalue weighted by molar-refractivity contribution is 0.185. The largest absolute Gasteiger partial charge is 0.383 e. The SMILES string of the molecule is COCCn1c(C)cc(NCc2cccnc2)cc1=O. The first kappa shape index (κ1) is 14.3. The maximum atomic E-state index is 12.0. The van der Waals surface area contributed by atoms with Gasteiger partial charge in [0.15, 0.2) is 0 Å². The summed E-state index contributed by atoms with van der Waals surface area (Å²) in [6, 6.07) is 7.46. The summed E-state index contributed by atoms with van der Waals surface area (Å²) in [5, 5.41) is 3.24. The molecule has 0 bridgehead atoms. The average Bonchev–Trinajstić information content (AvgIpc) is 2.45. The zero-order valence-corrected chi connectivity index (χ0v) is 11.8. The van der Waals surface area contributed by atoms with Gasteiger partial charge in [0, 0.05) is 50.0 Å². The Morgan fingerprint density at radius 3 is 2.90 bits per heavy atom. The maximum Gasteiger partial charge on any atom is 0.252 e. The van der Waals surface area contributed by atoms with Crippen molar-refractivity contribution in [3.8, 4) is 0 Å². The van der Waals surface area contributed by atoms with Gasteiger partial charge in [-0.25, -0.2) is 0 Å². The molecular weight excluding hydrogens is 254 g/mol. The molecule has 0 amide bonds.